The fraction of sp³-hybridized carbons (Fsp3) is 0.273. The van der Waals surface area contributed by atoms with Gasteiger partial charge in [-0.15, -0.1) is 11.3 Å². The maximum atomic E-state index is 5.51. The van der Waals surface area contributed by atoms with Crippen LogP contribution in [-0.2, 0) is 11.2 Å². The quantitative estimate of drug-likeness (QED) is 0.673. The lowest BCUT2D eigenvalue weighted by Crippen LogP contribution is -2.35. The molecule has 136 valence electrons. The van der Waals surface area contributed by atoms with Crippen LogP contribution in [0.15, 0.2) is 58.7 Å². The number of anilines is 1. The van der Waals surface area contributed by atoms with Gasteiger partial charge in [-0.1, -0.05) is 42.5 Å². The predicted molar refractivity (Wildman–Crippen MR) is 114 cm³/mol. The summed E-state index contributed by atoms with van der Waals surface area (Å²) in [6, 6.07) is 17.6. The van der Waals surface area contributed by atoms with Crippen molar-refractivity contribution in [3.8, 4) is 0 Å². The zero-order valence-corrected chi connectivity index (χ0v) is 15.9. The lowest BCUT2D eigenvalue weighted by atomic mass is 10.00. The average Bonchev–Trinajstić information content (AvgIpc) is 3.38. The van der Waals surface area contributed by atoms with Gasteiger partial charge in [-0.2, -0.15) is 10.2 Å². The van der Waals surface area contributed by atoms with Gasteiger partial charge < -0.3 is 9.64 Å². The van der Waals surface area contributed by atoms with E-state index in [1.165, 1.54) is 31.8 Å². The summed E-state index contributed by atoms with van der Waals surface area (Å²) in [6.07, 6.45) is 3.64. The largest absolute Gasteiger partial charge is 0.378 e. The molecule has 27 heavy (non-hydrogen) atoms. The van der Waals surface area contributed by atoms with Gasteiger partial charge in [0.2, 0.25) is 0 Å². The maximum Gasteiger partial charge on any atom is 0.0920 e. The van der Waals surface area contributed by atoms with Crippen LogP contribution >= 0.6 is 11.3 Å². The zero-order valence-electron chi connectivity index (χ0n) is 15.1. The van der Waals surface area contributed by atoms with Crippen molar-refractivity contribution >= 4 is 39.0 Å². The number of hydrogen-bond acceptors (Lipinski definition) is 5. The third-order valence-corrected chi connectivity index (χ3v) is 6.42. The lowest BCUT2D eigenvalue weighted by Gasteiger charge is -2.27. The van der Waals surface area contributed by atoms with Crippen molar-refractivity contribution in [1.82, 2.24) is 0 Å². The smallest absolute Gasteiger partial charge is 0.0920 e. The Balaban J connectivity index is 1.49. The summed E-state index contributed by atoms with van der Waals surface area (Å²) >= 11 is 1.85. The molecule has 0 radical (unpaired) electrons. The average molecular weight is 375 g/mol. The van der Waals surface area contributed by atoms with Crippen LogP contribution in [0.2, 0.25) is 0 Å². The van der Waals surface area contributed by atoms with E-state index < -0.39 is 0 Å². The summed E-state index contributed by atoms with van der Waals surface area (Å²) in [6.45, 7) is 3.52. The minimum atomic E-state index is 0.803. The van der Waals surface area contributed by atoms with Gasteiger partial charge in [0.1, 0.15) is 0 Å². The molecule has 5 heteroatoms. The molecular weight excluding hydrogens is 354 g/mol. The van der Waals surface area contributed by atoms with Crippen molar-refractivity contribution in [2.24, 2.45) is 10.2 Å². The molecule has 1 saturated heterocycles. The van der Waals surface area contributed by atoms with Gasteiger partial charge in [-0.3, -0.25) is 0 Å². The third kappa shape index (κ3) is 3.40. The van der Waals surface area contributed by atoms with E-state index in [9.17, 15) is 0 Å². The molecule has 3 aromatic rings. The minimum absolute atomic E-state index is 0.803. The standard InChI is InChI=1S/C22H21N3OS/c1-2-4-18-13-16(5-6-17(18)3-1)14-19-15-21(25-9-11-26-12-10-25)27-22(19)20-7-8-23-24-20/h1-6,8,13,15H,7,9-12,14H2. The summed E-state index contributed by atoms with van der Waals surface area (Å²) in [4.78, 5) is 3.71. The molecule has 5 rings (SSSR count). The van der Waals surface area contributed by atoms with Crippen LogP contribution in [0, 0.1) is 0 Å². The third-order valence-electron chi connectivity index (χ3n) is 5.13. The second-order valence-electron chi connectivity index (χ2n) is 6.95. The fourth-order valence-corrected chi connectivity index (χ4v) is 4.94. The molecule has 0 unspecified atom stereocenters. The number of hydrogen-bond donors (Lipinski definition) is 0. The molecule has 0 aliphatic carbocycles. The van der Waals surface area contributed by atoms with Crippen molar-refractivity contribution < 1.29 is 4.74 Å². The first-order valence-corrected chi connectivity index (χ1v) is 10.2. The summed E-state index contributed by atoms with van der Waals surface area (Å²) < 4.78 is 5.51. The second-order valence-corrected chi connectivity index (χ2v) is 7.98. The summed E-state index contributed by atoms with van der Waals surface area (Å²) in [5.74, 6) is 0. The predicted octanol–water partition coefficient (Wildman–Crippen LogP) is 4.51. The van der Waals surface area contributed by atoms with Crippen LogP contribution in [0.1, 0.15) is 22.4 Å². The van der Waals surface area contributed by atoms with Gasteiger partial charge in [-0.05, 0) is 34.4 Å². The van der Waals surface area contributed by atoms with Gasteiger partial charge in [0.15, 0.2) is 0 Å². The number of morpholine rings is 1. The van der Waals surface area contributed by atoms with Gasteiger partial charge >= 0.3 is 0 Å². The van der Waals surface area contributed by atoms with Crippen LogP contribution in [0.3, 0.4) is 0 Å². The molecule has 3 heterocycles. The molecule has 0 saturated carbocycles. The Morgan fingerprint density at radius 2 is 1.85 bits per heavy atom. The monoisotopic (exact) mass is 375 g/mol. The molecule has 0 amide bonds. The van der Waals surface area contributed by atoms with E-state index in [-0.39, 0.29) is 0 Å². The lowest BCUT2D eigenvalue weighted by molar-refractivity contribution is 0.123. The first kappa shape index (κ1) is 16.7. The molecular formula is C22H21N3OS. The molecule has 1 aromatic heterocycles. The van der Waals surface area contributed by atoms with Gasteiger partial charge in [0.25, 0.3) is 0 Å². The van der Waals surface area contributed by atoms with Crippen LogP contribution in [0.5, 0.6) is 0 Å². The molecule has 2 aromatic carbocycles. The number of benzene rings is 2. The zero-order chi connectivity index (χ0) is 18.1. The minimum Gasteiger partial charge on any atom is -0.378 e. The maximum absolute atomic E-state index is 5.51. The fourth-order valence-electron chi connectivity index (χ4n) is 3.71. The number of rotatable bonds is 4. The van der Waals surface area contributed by atoms with Crippen LogP contribution in [0.25, 0.3) is 10.8 Å². The van der Waals surface area contributed by atoms with Crippen molar-refractivity contribution in [3.63, 3.8) is 0 Å². The van der Waals surface area contributed by atoms with Crippen LogP contribution in [0.4, 0.5) is 5.00 Å². The Morgan fingerprint density at radius 1 is 1.00 bits per heavy atom. The first-order valence-electron chi connectivity index (χ1n) is 9.39. The van der Waals surface area contributed by atoms with E-state index in [0.29, 0.717) is 0 Å². The first-order chi connectivity index (χ1) is 13.4. The van der Waals surface area contributed by atoms with Crippen LogP contribution in [-0.4, -0.2) is 38.2 Å². The molecule has 0 spiro atoms. The van der Waals surface area contributed by atoms with E-state index in [2.05, 4.69) is 63.6 Å². The second kappa shape index (κ2) is 7.25. The highest BCUT2D eigenvalue weighted by Gasteiger charge is 2.20. The van der Waals surface area contributed by atoms with E-state index in [4.69, 9.17) is 4.74 Å². The molecule has 0 N–H and O–H groups in total. The molecule has 0 atom stereocenters. The summed E-state index contributed by atoms with van der Waals surface area (Å²) in [5.41, 5.74) is 3.78. The Hall–Kier alpha value is -2.50. The van der Waals surface area contributed by atoms with Gasteiger partial charge in [0.05, 0.1) is 28.8 Å². The van der Waals surface area contributed by atoms with Gasteiger partial charge in [-0.25, -0.2) is 0 Å². The Labute approximate surface area is 162 Å². The molecule has 4 nitrogen and oxygen atoms in total. The van der Waals surface area contributed by atoms with E-state index in [1.54, 1.807) is 0 Å². The Kier molecular flexibility index (Phi) is 4.47. The number of nitrogens with zero attached hydrogens (tertiary/aromatic N) is 3. The normalized spacial score (nSPS) is 16.9. The highest BCUT2D eigenvalue weighted by Crippen LogP contribution is 2.34. The number of fused-ring (bicyclic) bond motifs is 1. The molecule has 2 aliphatic heterocycles. The molecule has 1 fully saturated rings. The topological polar surface area (TPSA) is 37.2 Å². The van der Waals surface area contributed by atoms with Crippen molar-refractivity contribution in [2.45, 2.75) is 12.8 Å². The molecule has 0 bridgehead atoms. The van der Waals surface area contributed by atoms with Crippen molar-refractivity contribution in [2.75, 3.05) is 31.2 Å². The summed E-state index contributed by atoms with van der Waals surface area (Å²) in [5, 5.41) is 12.4. The van der Waals surface area contributed by atoms with Gasteiger partial charge in [0, 0.05) is 25.7 Å². The SMILES string of the molecule is C1=NN=C(c2sc(N3CCOCC3)cc2Cc2ccc3ccccc3c2)C1. The van der Waals surface area contributed by atoms with E-state index in [1.807, 2.05) is 17.6 Å². The van der Waals surface area contributed by atoms with Crippen molar-refractivity contribution in [1.29, 1.82) is 0 Å². The Morgan fingerprint density at radius 3 is 2.67 bits per heavy atom. The van der Waals surface area contributed by atoms with Crippen molar-refractivity contribution in [3.05, 3.63) is 64.5 Å². The highest BCUT2D eigenvalue weighted by atomic mass is 32.1. The van der Waals surface area contributed by atoms with E-state index >= 15 is 0 Å². The molecule has 2 aliphatic rings. The Bertz CT molecular complexity index is 1030. The van der Waals surface area contributed by atoms with E-state index in [0.717, 1.165) is 44.9 Å². The highest BCUT2D eigenvalue weighted by molar-refractivity contribution is 7.18. The number of ether oxygens (including phenoxy) is 1. The number of thiophene rings is 1. The van der Waals surface area contributed by atoms with Crippen LogP contribution < -0.4 is 4.90 Å². The summed E-state index contributed by atoms with van der Waals surface area (Å²) in [7, 11) is 0.